The molecule has 6 rings (SSSR count). The van der Waals surface area contributed by atoms with Gasteiger partial charge in [-0.15, -0.1) is 11.3 Å². The van der Waals surface area contributed by atoms with Crippen molar-refractivity contribution >= 4 is 17.2 Å². The minimum absolute atomic E-state index is 0.243. The number of thiazole rings is 1. The van der Waals surface area contributed by atoms with Gasteiger partial charge in [-0.05, 0) is 65.0 Å². The monoisotopic (exact) mass is 655 g/mol. The number of rotatable bonds is 15. The zero-order valence-electron chi connectivity index (χ0n) is 26.7. The van der Waals surface area contributed by atoms with Crippen molar-refractivity contribution in [2.24, 2.45) is 0 Å². The molecule has 1 heterocycles. The maximum atomic E-state index is 13.3. The fourth-order valence-electron chi connectivity index (χ4n) is 5.67. The Morgan fingerprint density at radius 1 is 0.729 bits per heavy atom. The lowest BCUT2D eigenvalue weighted by Crippen LogP contribution is -2.26. The Bertz CT molecular complexity index is 1810. The summed E-state index contributed by atoms with van der Waals surface area (Å²) < 4.78 is 19.3. The molecule has 1 amide bonds. The largest absolute Gasteiger partial charge is 0.489 e. The Morgan fingerprint density at radius 2 is 1.33 bits per heavy atom. The van der Waals surface area contributed by atoms with Crippen LogP contribution in [0.4, 0.5) is 4.39 Å². The zero-order chi connectivity index (χ0) is 33.0. The van der Waals surface area contributed by atoms with Gasteiger partial charge in [-0.3, -0.25) is 9.69 Å². The Morgan fingerprint density at radius 3 is 1.98 bits per heavy atom. The number of nitrogens with one attached hydrogen (secondary N) is 1. The second-order valence-corrected chi connectivity index (χ2v) is 12.7. The van der Waals surface area contributed by atoms with Crippen LogP contribution >= 0.6 is 11.3 Å². The molecule has 0 radical (unpaired) electrons. The highest BCUT2D eigenvalue weighted by molar-refractivity contribution is 7.09. The van der Waals surface area contributed by atoms with Crippen molar-refractivity contribution in [1.82, 2.24) is 15.2 Å². The third-order valence-electron chi connectivity index (χ3n) is 8.23. The molecule has 0 fully saturated rings. The van der Waals surface area contributed by atoms with Gasteiger partial charge in [0, 0.05) is 24.4 Å². The molecular formula is C41H38FN3O2S. The van der Waals surface area contributed by atoms with Gasteiger partial charge < -0.3 is 10.1 Å². The average molecular weight is 656 g/mol. The molecule has 5 nitrogen and oxygen atoms in total. The van der Waals surface area contributed by atoms with Crippen molar-refractivity contribution in [3.63, 3.8) is 0 Å². The highest BCUT2D eigenvalue weighted by Gasteiger charge is 2.19. The number of amides is 1. The summed E-state index contributed by atoms with van der Waals surface area (Å²) in [5, 5.41) is 5.59. The van der Waals surface area contributed by atoms with Crippen LogP contribution in [0.1, 0.15) is 55.7 Å². The van der Waals surface area contributed by atoms with Crippen LogP contribution in [0.25, 0.3) is 0 Å². The summed E-state index contributed by atoms with van der Waals surface area (Å²) in [5.74, 6) is 0.531. The van der Waals surface area contributed by atoms with Crippen molar-refractivity contribution in [2.45, 2.75) is 38.6 Å². The second kappa shape index (κ2) is 16.6. The van der Waals surface area contributed by atoms with Gasteiger partial charge in [0.05, 0.1) is 6.54 Å². The molecule has 0 aliphatic heterocycles. The van der Waals surface area contributed by atoms with Gasteiger partial charge in [0.2, 0.25) is 0 Å². The molecule has 1 N–H and O–H groups in total. The molecule has 6 aromatic rings. The van der Waals surface area contributed by atoms with Crippen LogP contribution in [0.2, 0.25) is 0 Å². The molecule has 48 heavy (non-hydrogen) atoms. The van der Waals surface area contributed by atoms with Gasteiger partial charge in [0.1, 0.15) is 28.9 Å². The van der Waals surface area contributed by atoms with Crippen LogP contribution in [0.3, 0.4) is 0 Å². The summed E-state index contributed by atoms with van der Waals surface area (Å²) in [6, 6.07) is 45.9. The summed E-state index contributed by atoms with van der Waals surface area (Å²) in [6.45, 7) is 2.99. The summed E-state index contributed by atoms with van der Waals surface area (Å²) in [7, 11) is 0. The summed E-state index contributed by atoms with van der Waals surface area (Å²) in [4.78, 5) is 20.0. The first-order valence-corrected chi connectivity index (χ1v) is 17.0. The molecular weight excluding hydrogens is 618 g/mol. The fourth-order valence-corrected chi connectivity index (χ4v) is 6.48. The van der Waals surface area contributed by atoms with Crippen LogP contribution < -0.4 is 10.1 Å². The quantitative estimate of drug-likeness (QED) is 0.120. The molecule has 0 aliphatic rings. The lowest BCUT2D eigenvalue weighted by Gasteiger charge is -2.25. The van der Waals surface area contributed by atoms with Crippen LogP contribution in [0.15, 0.2) is 145 Å². The summed E-state index contributed by atoms with van der Waals surface area (Å²) in [5.41, 5.74) is 6.10. The smallest absolute Gasteiger partial charge is 0.271 e. The number of halogens is 1. The van der Waals surface area contributed by atoms with Gasteiger partial charge >= 0.3 is 0 Å². The van der Waals surface area contributed by atoms with E-state index in [0.29, 0.717) is 25.4 Å². The zero-order valence-corrected chi connectivity index (χ0v) is 27.5. The highest BCUT2D eigenvalue weighted by Crippen LogP contribution is 2.29. The van der Waals surface area contributed by atoms with Crippen molar-refractivity contribution in [1.29, 1.82) is 0 Å². The van der Waals surface area contributed by atoms with E-state index in [1.807, 2.05) is 35.7 Å². The van der Waals surface area contributed by atoms with Gasteiger partial charge in [0.25, 0.3) is 5.91 Å². The standard InChI is InChI=1S/C41H38FN3O2S/c42-36-20-16-31(17-21-36)26-43-41(46)39-30-48-40(44-39)28-45(25-24-38(34-12-6-2-7-13-34)35-14-8-3-9-15-35)27-32-18-22-37(23-19-32)47-29-33-10-4-1-5-11-33/h1-23,30,38H,24-29H2,(H,43,46). The SMILES string of the molecule is O=C(NCc1ccc(F)cc1)c1csc(CN(CCC(c2ccccc2)c2ccccc2)Cc2ccc(OCc3ccccc3)cc2)n1. The molecule has 0 aliphatic carbocycles. The van der Waals surface area contributed by atoms with E-state index >= 15 is 0 Å². The Hall–Kier alpha value is -5.11. The van der Waals surface area contributed by atoms with E-state index in [1.54, 1.807) is 12.1 Å². The van der Waals surface area contributed by atoms with Crippen molar-refractivity contribution < 1.29 is 13.9 Å². The number of hydrogen-bond donors (Lipinski definition) is 1. The van der Waals surface area contributed by atoms with Crippen LogP contribution in [0.5, 0.6) is 5.75 Å². The predicted molar refractivity (Wildman–Crippen MR) is 190 cm³/mol. The molecule has 5 aromatic carbocycles. The summed E-state index contributed by atoms with van der Waals surface area (Å²) >= 11 is 1.49. The Balaban J connectivity index is 1.15. The highest BCUT2D eigenvalue weighted by atomic mass is 32.1. The first-order chi connectivity index (χ1) is 23.6. The molecule has 242 valence electrons. The number of aromatic nitrogens is 1. The van der Waals surface area contributed by atoms with Crippen molar-refractivity contribution in [2.75, 3.05) is 6.54 Å². The Labute approximate surface area is 285 Å². The number of nitrogens with zero attached hydrogens (tertiary/aromatic N) is 2. The lowest BCUT2D eigenvalue weighted by molar-refractivity contribution is 0.0946. The van der Waals surface area contributed by atoms with E-state index < -0.39 is 0 Å². The maximum absolute atomic E-state index is 13.3. The summed E-state index contributed by atoms with van der Waals surface area (Å²) in [6.07, 6.45) is 0.919. The van der Waals surface area contributed by atoms with E-state index in [1.165, 1.54) is 40.2 Å². The fraction of sp³-hybridized carbons (Fsp3) is 0.171. The maximum Gasteiger partial charge on any atom is 0.271 e. The molecule has 0 saturated heterocycles. The minimum Gasteiger partial charge on any atom is -0.489 e. The molecule has 0 saturated carbocycles. The van der Waals surface area contributed by atoms with Gasteiger partial charge in [-0.25, -0.2) is 9.37 Å². The molecule has 1 aromatic heterocycles. The number of ether oxygens (including phenoxy) is 1. The predicted octanol–water partition coefficient (Wildman–Crippen LogP) is 9.02. The van der Waals surface area contributed by atoms with Crippen LogP contribution in [-0.4, -0.2) is 22.3 Å². The van der Waals surface area contributed by atoms with Crippen LogP contribution in [0, 0.1) is 5.82 Å². The van der Waals surface area contributed by atoms with Crippen molar-refractivity contribution in [3.8, 4) is 5.75 Å². The third-order valence-corrected chi connectivity index (χ3v) is 9.06. The number of benzene rings is 5. The molecule has 0 bridgehead atoms. The minimum atomic E-state index is -0.301. The van der Waals surface area contributed by atoms with E-state index in [9.17, 15) is 9.18 Å². The van der Waals surface area contributed by atoms with Crippen LogP contribution in [-0.2, 0) is 26.2 Å². The topological polar surface area (TPSA) is 54.5 Å². The third kappa shape index (κ3) is 9.47. The first kappa shape index (κ1) is 32.8. The normalized spacial score (nSPS) is 11.1. The van der Waals surface area contributed by atoms with E-state index in [0.717, 1.165) is 41.4 Å². The number of hydrogen-bond acceptors (Lipinski definition) is 5. The number of carbonyl (C=O) groups is 1. The molecule has 0 spiro atoms. The Kier molecular flexibility index (Phi) is 11.4. The van der Waals surface area contributed by atoms with Gasteiger partial charge in [-0.1, -0.05) is 115 Å². The molecule has 7 heteroatoms. The van der Waals surface area contributed by atoms with E-state index in [-0.39, 0.29) is 17.6 Å². The average Bonchev–Trinajstić information content (AvgIpc) is 3.61. The molecule has 0 atom stereocenters. The first-order valence-electron chi connectivity index (χ1n) is 16.1. The van der Waals surface area contributed by atoms with Crippen molar-refractivity contribution in [3.05, 3.63) is 189 Å². The van der Waals surface area contributed by atoms with E-state index in [4.69, 9.17) is 9.72 Å². The van der Waals surface area contributed by atoms with Gasteiger partial charge in [-0.2, -0.15) is 0 Å². The lowest BCUT2D eigenvalue weighted by atomic mass is 9.88. The molecule has 0 unspecified atom stereocenters. The number of carbonyl (C=O) groups excluding carboxylic acids is 1. The second-order valence-electron chi connectivity index (χ2n) is 11.7. The van der Waals surface area contributed by atoms with Gasteiger partial charge in [0.15, 0.2) is 0 Å². The van der Waals surface area contributed by atoms with E-state index in [2.05, 4.69) is 95.1 Å².